The summed E-state index contributed by atoms with van der Waals surface area (Å²) in [5.74, 6) is 1.71. The highest BCUT2D eigenvalue weighted by atomic mass is 19.1. The summed E-state index contributed by atoms with van der Waals surface area (Å²) in [6, 6.07) is 0. The molecular weight excluding hydrogens is 165 g/mol. The first-order chi connectivity index (χ1) is 6.34. The molecule has 1 N–H and O–H groups in total. The van der Waals surface area contributed by atoms with E-state index in [0.717, 1.165) is 24.9 Å². The first-order valence-electron chi connectivity index (χ1n) is 5.61. The van der Waals surface area contributed by atoms with Crippen LogP contribution in [0.15, 0.2) is 0 Å². The van der Waals surface area contributed by atoms with Gasteiger partial charge in [-0.25, -0.2) is 0 Å². The predicted molar refractivity (Wildman–Crippen MR) is 54.6 cm³/mol. The van der Waals surface area contributed by atoms with Gasteiger partial charge in [-0.05, 0) is 37.8 Å². The molecule has 0 bridgehead atoms. The molecule has 0 aromatic rings. The second-order valence-electron chi connectivity index (χ2n) is 4.27. The van der Waals surface area contributed by atoms with Gasteiger partial charge >= 0.3 is 0 Å². The van der Waals surface area contributed by atoms with Gasteiger partial charge in [-0.1, -0.05) is 26.2 Å². The largest absolute Gasteiger partial charge is 0.316 e. The van der Waals surface area contributed by atoms with Crippen molar-refractivity contribution in [1.29, 1.82) is 0 Å². The average molecular weight is 187 g/mol. The van der Waals surface area contributed by atoms with Gasteiger partial charge in [0, 0.05) is 0 Å². The lowest BCUT2D eigenvalue weighted by Crippen LogP contribution is -2.30. The fourth-order valence-electron chi connectivity index (χ4n) is 2.18. The minimum Gasteiger partial charge on any atom is -0.316 e. The fourth-order valence-corrected chi connectivity index (χ4v) is 2.18. The number of halogens is 1. The van der Waals surface area contributed by atoms with Gasteiger partial charge in [0.15, 0.2) is 0 Å². The van der Waals surface area contributed by atoms with E-state index in [2.05, 4.69) is 12.2 Å². The Bertz CT molecular complexity index is 127. The van der Waals surface area contributed by atoms with Gasteiger partial charge in [0.05, 0.1) is 6.67 Å². The third kappa shape index (κ3) is 4.08. The van der Waals surface area contributed by atoms with E-state index in [-0.39, 0.29) is 6.67 Å². The summed E-state index contributed by atoms with van der Waals surface area (Å²) in [6.45, 7) is 4.11. The van der Waals surface area contributed by atoms with Crippen LogP contribution in [0.1, 0.15) is 39.0 Å². The van der Waals surface area contributed by atoms with Crippen molar-refractivity contribution >= 4 is 0 Å². The van der Waals surface area contributed by atoms with E-state index in [9.17, 15) is 4.39 Å². The van der Waals surface area contributed by atoms with Crippen LogP contribution in [0.2, 0.25) is 0 Å². The van der Waals surface area contributed by atoms with Crippen LogP contribution >= 0.6 is 0 Å². The zero-order valence-corrected chi connectivity index (χ0v) is 8.69. The monoisotopic (exact) mass is 187 g/mol. The Morgan fingerprint density at radius 1 is 1.31 bits per heavy atom. The van der Waals surface area contributed by atoms with Crippen molar-refractivity contribution in [3.63, 3.8) is 0 Å². The van der Waals surface area contributed by atoms with Crippen LogP contribution < -0.4 is 5.32 Å². The molecule has 0 spiro atoms. The lowest BCUT2D eigenvalue weighted by molar-refractivity contribution is 0.247. The molecule has 0 amide bonds. The van der Waals surface area contributed by atoms with E-state index in [0.29, 0.717) is 6.42 Å². The molecule has 0 heterocycles. The molecule has 1 rings (SSSR count). The lowest BCUT2D eigenvalue weighted by Gasteiger charge is -2.28. The molecule has 78 valence electrons. The van der Waals surface area contributed by atoms with Crippen molar-refractivity contribution in [2.45, 2.75) is 39.0 Å². The van der Waals surface area contributed by atoms with E-state index in [1.807, 2.05) is 0 Å². The van der Waals surface area contributed by atoms with Crippen molar-refractivity contribution in [3.8, 4) is 0 Å². The summed E-state index contributed by atoms with van der Waals surface area (Å²) in [4.78, 5) is 0. The van der Waals surface area contributed by atoms with E-state index in [4.69, 9.17) is 0 Å². The van der Waals surface area contributed by atoms with Crippen LogP contribution in [-0.4, -0.2) is 19.8 Å². The maximum absolute atomic E-state index is 11.8. The standard InChI is InChI=1S/C11H22FN/c1-10-5-2-3-6-11(10)9-13-8-4-7-12/h10-11,13H,2-9H2,1H3. The summed E-state index contributed by atoms with van der Waals surface area (Å²) in [6.07, 6.45) is 6.21. The number of nitrogens with one attached hydrogen (secondary N) is 1. The molecule has 0 aliphatic heterocycles. The molecule has 0 saturated heterocycles. The smallest absolute Gasteiger partial charge is 0.0906 e. The molecule has 1 aliphatic carbocycles. The molecular formula is C11H22FN. The average Bonchev–Trinajstić information content (AvgIpc) is 2.15. The molecule has 1 saturated carbocycles. The zero-order chi connectivity index (χ0) is 9.52. The van der Waals surface area contributed by atoms with E-state index in [1.165, 1.54) is 25.7 Å². The summed E-state index contributed by atoms with van der Waals surface area (Å²) in [7, 11) is 0. The van der Waals surface area contributed by atoms with Crippen LogP contribution in [0.5, 0.6) is 0 Å². The van der Waals surface area contributed by atoms with Crippen LogP contribution in [0.3, 0.4) is 0 Å². The third-order valence-corrected chi connectivity index (χ3v) is 3.18. The number of rotatable bonds is 5. The summed E-state index contributed by atoms with van der Waals surface area (Å²) >= 11 is 0. The fraction of sp³-hybridized carbons (Fsp3) is 1.00. The molecule has 1 fully saturated rings. The van der Waals surface area contributed by atoms with Crippen molar-refractivity contribution in [3.05, 3.63) is 0 Å². The van der Waals surface area contributed by atoms with Crippen LogP contribution in [0, 0.1) is 11.8 Å². The van der Waals surface area contributed by atoms with Gasteiger partial charge in [0.2, 0.25) is 0 Å². The Hall–Kier alpha value is -0.110. The normalized spacial score (nSPS) is 29.1. The lowest BCUT2D eigenvalue weighted by atomic mass is 9.80. The third-order valence-electron chi connectivity index (χ3n) is 3.18. The minimum absolute atomic E-state index is 0.187. The van der Waals surface area contributed by atoms with Gasteiger partial charge in [-0.15, -0.1) is 0 Å². The molecule has 0 radical (unpaired) electrons. The maximum atomic E-state index is 11.8. The quantitative estimate of drug-likeness (QED) is 0.653. The first-order valence-corrected chi connectivity index (χ1v) is 5.61. The highest BCUT2D eigenvalue weighted by Gasteiger charge is 2.20. The second kappa shape index (κ2) is 6.36. The molecule has 1 aliphatic rings. The second-order valence-corrected chi connectivity index (χ2v) is 4.27. The predicted octanol–water partition coefficient (Wildman–Crippen LogP) is 2.76. The highest BCUT2D eigenvalue weighted by Crippen LogP contribution is 2.28. The Balaban J connectivity index is 2.05. The molecule has 0 aromatic carbocycles. The maximum Gasteiger partial charge on any atom is 0.0906 e. The zero-order valence-electron chi connectivity index (χ0n) is 8.69. The summed E-state index contributed by atoms with van der Waals surface area (Å²) < 4.78 is 11.8. The topological polar surface area (TPSA) is 12.0 Å². The van der Waals surface area contributed by atoms with Crippen LogP contribution in [0.25, 0.3) is 0 Å². The number of alkyl halides is 1. The van der Waals surface area contributed by atoms with Crippen LogP contribution in [-0.2, 0) is 0 Å². The number of hydrogen-bond acceptors (Lipinski definition) is 1. The molecule has 0 aromatic heterocycles. The van der Waals surface area contributed by atoms with Gasteiger partial charge in [-0.2, -0.15) is 0 Å². The Morgan fingerprint density at radius 3 is 2.77 bits per heavy atom. The van der Waals surface area contributed by atoms with Crippen LogP contribution in [0.4, 0.5) is 4.39 Å². The summed E-state index contributed by atoms with van der Waals surface area (Å²) in [5.41, 5.74) is 0. The van der Waals surface area contributed by atoms with E-state index >= 15 is 0 Å². The van der Waals surface area contributed by atoms with Crippen molar-refractivity contribution in [2.75, 3.05) is 19.8 Å². The van der Waals surface area contributed by atoms with Crippen molar-refractivity contribution in [1.82, 2.24) is 5.32 Å². The molecule has 2 unspecified atom stereocenters. The van der Waals surface area contributed by atoms with Gasteiger partial charge in [0.1, 0.15) is 0 Å². The van der Waals surface area contributed by atoms with Gasteiger partial charge in [-0.3, -0.25) is 4.39 Å². The number of hydrogen-bond donors (Lipinski definition) is 1. The molecule has 2 heteroatoms. The molecule has 1 nitrogen and oxygen atoms in total. The highest BCUT2D eigenvalue weighted by molar-refractivity contribution is 4.73. The van der Waals surface area contributed by atoms with Gasteiger partial charge < -0.3 is 5.32 Å². The molecule has 2 atom stereocenters. The van der Waals surface area contributed by atoms with Crippen molar-refractivity contribution in [2.24, 2.45) is 11.8 Å². The van der Waals surface area contributed by atoms with E-state index in [1.54, 1.807) is 0 Å². The summed E-state index contributed by atoms with van der Waals surface area (Å²) in [5, 5.41) is 3.35. The van der Waals surface area contributed by atoms with E-state index < -0.39 is 0 Å². The first kappa shape index (κ1) is 11.0. The van der Waals surface area contributed by atoms with Gasteiger partial charge in [0.25, 0.3) is 0 Å². The Morgan fingerprint density at radius 2 is 2.08 bits per heavy atom. The molecule has 13 heavy (non-hydrogen) atoms. The van der Waals surface area contributed by atoms with Crippen molar-refractivity contribution < 1.29 is 4.39 Å². The minimum atomic E-state index is -0.187. The Labute approximate surface area is 81.1 Å². The SMILES string of the molecule is CC1CCCCC1CNCCCF. The Kier molecular flexibility index (Phi) is 5.37.